The summed E-state index contributed by atoms with van der Waals surface area (Å²) >= 11 is 0. The Morgan fingerprint density at radius 1 is 0.969 bits per heavy atom. The van der Waals surface area contributed by atoms with E-state index in [1.165, 1.54) is 18.4 Å². The van der Waals surface area contributed by atoms with E-state index < -0.39 is 0 Å². The highest BCUT2D eigenvalue weighted by Crippen LogP contribution is 2.22. The molecular formula is C26H32N4O2. The smallest absolute Gasteiger partial charge is 0.409 e. The van der Waals surface area contributed by atoms with E-state index in [9.17, 15) is 4.79 Å². The van der Waals surface area contributed by atoms with Crippen molar-refractivity contribution in [2.75, 3.05) is 50.8 Å². The Morgan fingerprint density at radius 3 is 2.44 bits per heavy atom. The van der Waals surface area contributed by atoms with Gasteiger partial charge >= 0.3 is 6.09 Å². The summed E-state index contributed by atoms with van der Waals surface area (Å²) in [6, 6.07) is 20.5. The Bertz CT molecular complexity index is 911. The molecule has 2 fully saturated rings. The number of rotatable bonds is 6. The third-order valence-corrected chi connectivity index (χ3v) is 6.59. The van der Waals surface area contributed by atoms with Crippen molar-refractivity contribution in [1.29, 1.82) is 5.26 Å². The van der Waals surface area contributed by atoms with Crippen molar-refractivity contribution in [1.82, 2.24) is 9.80 Å². The number of hydrogen-bond acceptors (Lipinski definition) is 5. The van der Waals surface area contributed by atoms with E-state index in [-0.39, 0.29) is 6.09 Å². The molecule has 2 saturated heterocycles. The van der Waals surface area contributed by atoms with Gasteiger partial charge in [0.2, 0.25) is 0 Å². The maximum atomic E-state index is 12.5. The van der Waals surface area contributed by atoms with Gasteiger partial charge in [0.1, 0.15) is 0 Å². The van der Waals surface area contributed by atoms with Crippen molar-refractivity contribution in [2.24, 2.45) is 5.92 Å². The minimum absolute atomic E-state index is 0.197. The van der Waals surface area contributed by atoms with Crippen LogP contribution in [0.4, 0.5) is 10.5 Å². The second-order valence-electron chi connectivity index (χ2n) is 8.74. The van der Waals surface area contributed by atoms with Crippen molar-refractivity contribution in [3.8, 4) is 6.07 Å². The summed E-state index contributed by atoms with van der Waals surface area (Å²) in [7, 11) is 0. The molecular weight excluding hydrogens is 400 g/mol. The number of anilines is 1. The van der Waals surface area contributed by atoms with E-state index in [1.807, 2.05) is 24.3 Å². The van der Waals surface area contributed by atoms with E-state index in [1.54, 1.807) is 4.90 Å². The van der Waals surface area contributed by atoms with Gasteiger partial charge in [-0.2, -0.15) is 5.26 Å². The summed E-state index contributed by atoms with van der Waals surface area (Å²) < 4.78 is 5.60. The second-order valence-corrected chi connectivity index (χ2v) is 8.74. The molecule has 6 heteroatoms. The predicted molar refractivity (Wildman–Crippen MR) is 125 cm³/mol. The zero-order chi connectivity index (χ0) is 22.2. The zero-order valence-electron chi connectivity index (χ0n) is 18.7. The molecule has 0 spiro atoms. The molecule has 1 amide bonds. The number of piperazine rings is 1. The molecule has 0 aromatic heterocycles. The first-order chi connectivity index (χ1) is 15.7. The van der Waals surface area contributed by atoms with Crippen LogP contribution in [-0.4, -0.2) is 61.8 Å². The molecule has 2 aliphatic rings. The average Bonchev–Trinajstić information content (AvgIpc) is 2.86. The number of benzene rings is 2. The first-order valence-electron chi connectivity index (χ1n) is 11.6. The number of nitriles is 1. The third-order valence-electron chi connectivity index (χ3n) is 6.59. The van der Waals surface area contributed by atoms with E-state index in [0.29, 0.717) is 31.2 Å². The SMILES string of the molecule is N#Cc1cccc(N2CCN(C(=O)OCCC3CCN(Cc4ccccc4)CC3)CC2)c1. The summed E-state index contributed by atoms with van der Waals surface area (Å²) in [4.78, 5) is 19.0. The van der Waals surface area contributed by atoms with Crippen LogP contribution in [0, 0.1) is 17.2 Å². The van der Waals surface area contributed by atoms with Crippen LogP contribution in [0.2, 0.25) is 0 Å². The van der Waals surface area contributed by atoms with Gasteiger partial charge in [-0.15, -0.1) is 0 Å². The first-order valence-corrected chi connectivity index (χ1v) is 11.6. The molecule has 4 rings (SSSR count). The van der Waals surface area contributed by atoms with Gasteiger partial charge in [-0.1, -0.05) is 36.4 Å². The van der Waals surface area contributed by atoms with Gasteiger partial charge in [0.15, 0.2) is 0 Å². The topological polar surface area (TPSA) is 59.8 Å². The molecule has 0 bridgehead atoms. The van der Waals surface area contributed by atoms with Crippen molar-refractivity contribution in [2.45, 2.75) is 25.8 Å². The fourth-order valence-corrected chi connectivity index (χ4v) is 4.60. The van der Waals surface area contributed by atoms with Crippen LogP contribution < -0.4 is 4.90 Å². The normalized spacial score (nSPS) is 17.7. The highest BCUT2D eigenvalue weighted by Gasteiger charge is 2.24. The molecule has 32 heavy (non-hydrogen) atoms. The van der Waals surface area contributed by atoms with Crippen LogP contribution in [0.1, 0.15) is 30.4 Å². The molecule has 0 aliphatic carbocycles. The summed E-state index contributed by atoms with van der Waals surface area (Å²) in [6.45, 7) is 6.56. The number of carbonyl (C=O) groups is 1. The number of amides is 1. The Kier molecular flexibility index (Phi) is 7.63. The maximum absolute atomic E-state index is 12.5. The number of ether oxygens (including phenoxy) is 1. The molecule has 0 N–H and O–H groups in total. The minimum Gasteiger partial charge on any atom is -0.449 e. The molecule has 2 aromatic rings. The standard InChI is InChI=1S/C26H32N4O2/c27-20-24-7-4-8-25(19-24)29-14-16-30(17-15-29)26(31)32-18-11-22-9-12-28(13-10-22)21-23-5-2-1-3-6-23/h1-8,19,22H,9-18,21H2. The molecule has 2 heterocycles. The molecule has 0 unspecified atom stereocenters. The Labute approximate surface area is 191 Å². The molecule has 2 aromatic carbocycles. The van der Waals surface area contributed by atoms with Gasteiger partial charge in [-0.3, -0.25) is 4.90 Å². The fourth-order valence-electron chi connectivity index (χ4n) is 4.60. The van der Waals surface area contributed by atoms with E-state index in [0.717, 1.165) is 44.8 Å². The monoisotopic (exact) mass is 432 g/mol. The fraction of sp³-hybridized carbons (Fsp3) is 0.462. The Balaban J connectivity index is 1.12. The Morgan fingerprint density at radius 2 is 1.72 bits per heavy atom. The highest BCUT2D eigenvalue weighted by atomic mass is 16.6. The lowest BCUT2D eigenvalue weighted by atomic mass is 9.93. The van der Waals surface area contributed by atoms with Crippen LogP contribution >= 0.6 is 0 Å². The number of piperidine rings is 1. The van der Waals surface area contributed by atoms with Crippen LogP contribution in [0.5, 0.6) is 0 Å². The molecule has 0 atom stereocenters. The maximum Gasteiger partial charge on any atom is 0.409 e. The van der Waals surface area contributed by atoms with E-state index >= 15 is 0 Å². The van der Waals surface area contributed by atoms with Crippen LogP contribution in [0.25, 0.3) is 0 Å². The second kappa shape index (κ2) is 11.0. The lowest BCUT2D eigenvalue weighted by Crippen LogP contribution is -2.49. The summed E-state index contributed by atoms with van der Waals surface area (Å²) in [6.07, 6.45) is 3.10. The number of hydrogen-bond donors (Lipinski definition) is 0. The van der Waals surface area contributed by atoms with Gasteiger partial charge in [0.05, 0.1) is 18.2 Å². The van der Waals surface area contributed by atoms with Gasteiger partial charge in [0.25, 0.3) is 0 Å². The van der Waals surface area contributed by atoms with Crippen LogP contribution in [-0.2, 0) is 11.3 Å². The van der Waals surface area contributed by atoms with Crippen molar-refractivity contribution in [3.63, 3.8) is 0 Å². The summed E-state index contributed by atoms with van der Waals surface area (Å²) in [5.74, 6) is 0.638. The van der Waals surface area contributed by atoms with Crippen molar-refractivity contribution >= 4 is 11.8 Å². The van der Waals surface area contributed by atoms with Crippen molar-refractivity contribution < 1.29 is 9.53 Å². The van der Waals surface area contributed by atoms with Gasteiger partial charge in [-0.25, -0.2) is 4.79 Å². The first kappa shape index (κ1) is 22.2. The summed E-state index contributed by atoms with van der Waals surface area (Å²) in [5, 5.41) is 9.08. The highest BCUT2D eigenvalue weighted by molar-refractivity contribution is 5.68. The minimum atomic E-state index is -0.197. The largest absolute Gasteiger partial charge is 0.449 e. The van der Waals surface area contributed by atoms with Gasteiger partial charge in [0, 0.05) is 38.4 Å². The average molecular weight is 433 g/mol. The van der Waals surface area contributed by atoms with Gasteiger partial charge in [-0.05, 0) is 62.0 Å². The van der Waals surface area contributed by atoms with Gasteiger partial charge < -0.3 is 14.5 Å². The quantitative estimate of drug-likeness (QED) is 0.687. The molecule has 2 aliphatic heterocycles. The molecule has 6 nitrogen and oxygen atoms in total. The third kappa shape index (κ3) is 6.02. The van der Waals surface area contributed by atoms with E-state index in [2.05, 4.69) is 46.2 Å². The van der Waals surface area contributed by atoms with E-state index in [4.69, 9.17) is 10.00 Å². The number of carbonyl (C=O) groups excluding carboxylic acids is 1. The lowest BCUT2D eigenvalue weighted by Gasteiger charge is -2.35. The molecule has 0 saturated carbocycles. The Hall–Kier alpha value is -3.04. The van der Waals surface area contributed by atoms with Crippen LogP contribution in [0.3, 0.4) is 0 Å². The molecule has 168 valence electrons. The lowest BCUT2D eigenvalue weighted by molar-refractivity contribution is 0.0874. The number of nitrogens with zero attached hydrogens (tertiary/aromatic N) is 4. The number of likely N-dealkylation sites (tertiary alicyclic amines) is 1. The molecule has 0 radical (unpaired) electrons. The summed E-state index contributed by atoms with van der Waals surface area (Å²) in [5.41, 5.74) is 3.07. The van der Waals surface area contributed by atoms with Crippen molar-refractivity contribution in [3.05, 3.63) is 65.7 Å². The zero-order valence-corrected chi connectivity index (χ0v) is 18.7. The van der Waals surface area contributed by atoms with Crippen LogP contribution in [0.15, 0.2) is 54.6 Å². The predicted octanol–water partition coefficient (Wildman–Crippen LogP) is 4.12.